The molecule has 124 valence electrons. The third-order valence-electron chi connectivity index (χ3n) is 3.37. The molecule has 0 aliphatic carbocycles. The van der Waals surface area contributed by atoms with Crippen molar-refractivity contribution < 1.29 is 4.74 Å². The van der Waals surface area contributed by atoms with Gasteiger partial charge in [-0.05, 0) is 24.1 Å². The Labute approximate surface area is 142 Å². The number of nitrogens with zero attached hydrogens (tertiary/aromatic N) is 1. The van der Waals surface area contributed by atoms with Crippen LogP contribution in [0.1, 0.15) is 22.2 Å². The van der Waals surface area contributed by atoms with Crippen LogP contribution in [-0.2, 0) is 24.3 Å². The van der Waals surface area contributed by atoms with Gasteiger partial charge in [0.25, 0.3) is 0 Å². The molecule has 2 N–H and O–H groups in total. The van der Waals surface area contributed by atoms with Gasteiger partial charge < -0.3 is 15.4 Å². The van der Waals surface area contributed by atoms with E-state index in [2.05, 4.69) is 46.8 Å². The van der Waals surface area contributed by atoms with Crippen molar-refractivity contribution in [3.05, 3.63) is 57.8 Å². The Morgan fingerprint density at radius 1 is 1.09 bits per heavy atom. The highest BCUT2D eigenvalue weighted by molar-refractivity contribution is 7.11. The number of ether oxygens (including phenoxy) is 1. The van der Waals surface area contributed by atoms with E-state index in [9.17, 15) is 0 Å². The lowest BCUT2D eigenvalue weighted by molar-refractivity contribution is 0.125. The molecular formula is C18H25N3OS. The van der Waals surface area contributed by atoms with Crippen molar-refractivity contribution >= 4 is 17.3 Å². The summed E-state index contributed by atoms with van der Waals surface area (Å²) in [5, 5.41) is 6.59. The van der Waals surface area contributed by atoms with Gasteiger partial charge in [-0.15, -0.1) is 11.3 Å². The van der Waals surface area contributed by atoms with Gasteiger partial charge in [0, 0.05) is 23.3 Å². The van der Waals surface area contributed by atoms with Crippen LogP contribution >= 0.6 is 11.3 Å². The first kappa shape index (κ1) is 17.5. The zero-order valence-electron chi connectivity index (χ0n) is 13.8. The molecule has 2 aromatic rings. The second-order valence-electron chi connectivity index (χ2n) is 5.11. The maximum Gasteiger partial charge on any atom is 0.191 e. The molecule has 5 heteroatoms. The van der Waals surface area contributed by atoms with E-state index in [1.54, 1.807) is 7.05 Å². The molecule has 0 saturated carbocycles. The minimum absolute atomic E-state index is 0.642. The van der Waals surface area contributed by atoms with Crippen LogP contribution in [0.4, 0.5) is 0 Å². The lowest BCUT2D eigenvalue weighted by atomic mass is 10.2. The molecule has 0 spiro atoms. The molecule has 0 fully saturated rings. The van der Waals surface area contributed by atoms with Crippen LogP contribution in [0.3, 0.4) is 0 Å². The first-order chi connectivity index (χ1) is 11.3. The van der Waals surface area contributed by atoms with Crippen LogP contribution in [0.5, 0.6) is 0 Å². The van der Waals surface area contributed by atoms with Gasteiger partial charge in [-0.1, -0.05) is 37.3 Å². The number of aryl methyl sites for hydroxylation is 1. The molecule has 1 aromatic heterocycles. The van der Waals surface area contributed by atoms with Crippen LogP contribution in [0.15, 0.2) is 47.5 Å². The van der Waals surface area contributed by atoms with E-state index in [0.29, 0.717) is 13.2 Å². The number of guanidine groups is 1. The highest BCUT2D eigenvalue weighted by Crippen LogP contribution is 2.16. The highest BCUT2D eigenvalue weighted by Gasteiger charge is 2.01. The van der Waals surface area contributed by atoms with Crippen molar-refractivity contribution in [1.29, 1.82) is 0 Å². The molecular weight excluding hydrogens is 306 g/mol. The Morgan fingerprint density at radius 3 is 2.57 bits per heavy atom. The monoisotopic (exact) mass is 331 g/mol. The summed E-state index contributed by atoms with van der Waals surface area (Å²) >= 11 is 1.84. The van der Waals surface area contributed by atoms with Gasteiger partial charge >= 0.3 is 0 Å². The predicted octanol–water partition coefficient (Wildman–Crippen LogP) is 3.19. The Hall–Kier alpha value is -1.85. The van der Waals surface area contributed by atoms with Crippen molar-refractivity contribution in [1.82, 2.24) is 10.6 Å². The smallest absolute Gasteiger partial charge is 0.191 e. The van der Waals surface area contributed by atoms with Crippen molar-refractivity contribution in [3.8, 4) is 0 Å². The van der Waals surface area contributed by atoms with E-state index in [0.717, 1.165) is 25.5 Å². The second-order valence-corrected chi connectivity index (χ2v) is 6.37. The quantitative estimate of drug-likeness (QED) is 0.444. The van der Waals surface area contributed by atoms with Gasteiger partial charge in [0.2, 0.25) is 0 Å². The van der Waals surface area contributed by atoms with Gasteiger partial charge in [0.05, 0.1) is 19.8 Å². The standard InChI is InChI=1S/C18H25N3OS/c1-3-16-9-10-17(23-16)13-21-18(19-2)20-11-12-22-14-15-7-5-4-6-8-15/h4-10H,3,11-14H2,1-2H3,(H2,19,20,21). The van der Waals surface area contributed by atoms with E-state index in [-0.39, 0.29) is 0 Å². The number of hydrogen-bond donors (Lipinski definition) is 2. The van der Waals surface area contributed by atoms with Crippen molar-refractivity contribution in [2.45, 2.75) is 26.5 Å². The fourth-order valence-corrected chi connectivity index (χ4v) is 3.00. The zero-order valence-corrected chi connectivity index (χ0v) is 14.7. The van der Waals surface area contributed by atoms with Gasteiger partial charge in [0.15, 0.2) is 5.96 Å². The van der Waals surface area contributed by atoms with Crippen LogP contribution in [0.25, 0.3) is 0 Å². The zero-order chi connectivity index (χ0) is 16.3. The normalized spacial score (nSPS) is 11.5. The highest BCUT2D eigenvalue weighted by atomic mass is 32.1. The summed E-state index contributed by atoms with van der Waals surface area (Å²) in [7, 11) is 1.78. The molecule has 4 nitrogen and oxygen atoms in total. The molecule has 0 atom stereocenters. The first-order valence-electron chi connectivity index (χ1n) is 7.95. The molecule has 0 aliphatic rings. The molecule has 0 saturated heterocycles. The maximum atomic E-state index is 5.65. The summed E-state index contributed by atoms with van der Waals surface area (Å²) in [6, 6.07) is 14.6. The molecule has 0 unspecified atom stereocenters. The summed E-state index contributed by atoms with van der Waals surface area (Å²) in [5.41, 5.74) is 1.19. The molecule has 1 aromatic carbocycles. The van der Waals surface area contributed by atoms with Crippen LogP contribution in [0, 0.1) is 0 Å². The number of nitrogens with one attached hydrogen (secondary N) is 2. The third-order valence-corrected chi connectivity index (χ3v) is 4.60. The lowest BCUT2D eigenvalue weighted by Crippen LogP contribution is -2.38. The van der Waals surface area contributed by atoms with Crippen LogP contribution in [0.2, 0.25) is 0 Å². The summed E-state index contributed by atoms with van der Waals surface area (Å²) in [4.78, 5) is 6.97. The Balaban J connectivity index is 1.61. The molecule has 0 radical (unpaired) electrons. The van der Waals surface area contributed by atoms with E-state index < -0.39 is 0 Å². The number of benzene rings is 1. The molecule has 0 bridgehead atoms. The maximum absolute atomic E-state index is 5.65. The van der Waals surface area contributed by atoms with E-state index in [1.807, 2.05) is 29.5 Å². The molecule has 23 heavy (non-hydrogen) atoms. The van der Waals surface area contributed by atoms with E-state index in [4.69, 9.17) is 4.74 Å². The lowest BCUT2D eigenvalue weighted by Gasteiger charge is -2.11. The van der Waals surface area contributed by atoms with Crippen LogP contribution in [-0.4, -0.2) is 26.2 Å². The summed E-state index contributed by atoms with van der Waals surface area (Å²) < 4.78 is 5.65. The SMILES string of the molecule is CCc1ccc(CNC(=NC)NCCOCc2ccccc2)s1. The van der Waals surface area contributed by atoms with E-state index >= 15 is 0 Å². The minimum Gasteiger partial charge on any atom is -0.375 e. The fraction of sp³-hybridized carbons (Fsp3) is 0.389. The largest absolute Gasteiger partial charge is 0.375 e. The second kappa shape index (κ2) is 10.0. The Morgan fingerprint density at radius 2 is 1.87 bits per heavy atom. The van der Waals surface area contributed by atoms with Gasteiger partial charge in [0.1, 0.15) is 0 Å². The average molecular weight is 331 g/mol. The van der Waals surface area contributed by atoms with Gasteiger partial charge in [-0.2, -0.15) is 0 Å². The van der Waals surface area contributed by atoms with Crippen molar-refractivity contribution in [2.75, 3.05) is 20.2 Å². The molecule has 0 amide bonds. The van der Waals surface area contributed by atoms with Gasteiger partial charge in [-0.25, -0.2) is 0 Å². The number of aliphatic imine (C=N–C) groups is 1. The van der Waals surface area contributed by atoms with Crippen molar-refractivity contribution in [3.63, 3.8) is 0 Å². The summed E-state index contributed by atoms with van der Waals surface area (Å²) in [5.74, 6) is 0.805. The summed E-state index contributed by atoms with van der Waals surface area (Å²) in [6.45, 7) is 5.00. The third kappa shape index (κ3) is 6.42. The predicted molar refractivity (Wildman–Crippen MR) is 98.0 cm³/mol. The molecule has 2 rings (SSSR count). The minimum atomic E-state index is 0.642. The van der Waals surface area contributed by atoms with Crippen LogP contribution < -0.4 is 10.6 Å². The first-order valence-corrected chi connectivity index (χ1v) is 8.77. The Kier molecular flexibility index (Phi) is 7.63. The Bertz CT molecular complexity index is 595. The fourth-order valence-electron chi connectivity index (χ4n) is 2.10. The average Bonchev–Trinajstić information content (AvgIpc) is 3.06. The van der Waals surface area contributed by atoms with E-state index in [1.165, 1.54) is 15.3 Å². The number of thiophene rings is 1. The summed E-state index contributed by atoms with van der Waals surface area (Å²) in [6.07, 6.45) is 1.09. The van der Waals surface area contributed by atoms with Gasteiger partial charge in [-0.3, -0.25) is 4.99 Å². The molecule has 0 aliphatic heterocycles. The topological polar surface area (TPSA) is 45.7 Å². The number of rotatable bonds is 8. The molecule has 1 heterocycles. The van der Waals surface area contributed by atoms with Crippen molar-refractivity contribution in [2.24, 2.45) is 4.99 Å². The number of hydrogen-bond acceptors (Lipinski definition) is 3.